The van der Waals surface area contributed by atoms with Gasteiger partial charge in [-0.25, -0.2) is 9.97 Å². The number of rotatable bonds is 3. The molecule has 0 saturated heterocycles. The van der Waals surface area contributed by atoms with Crippen molar-refractivity contribution in [1.29, 1.82) is 0 Å². The second-order valence-corrected chi connectivity index (χ2v) is 14.5. The molecule has 0 amide bonds. The van der Waals surface area contributed by atoms with E-state index >= 15 is 0 Å². The zero-order chi connectivity index (χ0) is 33.8. The van der Waals surface area contributed by atoms with E-state index in [-0.39, 0.29) is 5.41 Å². The Morgan fingerprint density at radius 3 is 2.20 bits per heavy atom. The molecule has 0 bridgehead atoms. The van der Waals surface area contributed by atoms with Crippen LogP contribution >= 0.6 is 0 Å². The fraction of sp³-hybridized carbons (Fsp3) is 0.106. The second kappa shape index (κ2) is 10.4. The maximum atomic E-state index is 5.64. The first-order valence-corrected chi connectivity index (χ1v) is 17.9. The highest BCUT2D eigenvalue weighted by Gasteiger charge is 2.37. The molecule has 6 aromatic carbocycles. The number of allylic oxidation sites excluding steroid dienone is 4. The number of hydrogen-bond acceptors (Lipinski definition) is 2. The number of nitrogens with zero attached hydrogens (tertiary/aromatic N) is 4. The van der Waals surface area contributed by atoms with Crippen LogP contribution in [0.4, 0.5) is 0 Å². The first kappa shape index (κ1) is 28.6. The molecule has 0 fully saturated rings. The summed E-state index contributed by atoms with van der Waals surface area (Å²) >= 11 is 0. The van der Waals surface area contributed by atoms with E-state index in [2.05, 4.69) is 169 Å². The predicted molar refractivity (Wildman–Crippen MR) is 213 cm³/mol. The van der Waals surface area contributed by atoms with E-state index in [0.717, 1.165) is 57.1 Å². The molecule has 2 aliphatic carbocycles. The van der Waals surface area contributed by atoms with Crippen molar-refractivity contribution in [3.63, 3.8) is 0 Å². The number of fused-ring (bicyclic) bond motifs is 12. The third kappa shape index (κ3) is 3.85. The topological polar surface area (TPSA) is 35.6 Å². The van der Waals surface area contributed by atoms with Gasteiger partial charge in [0.1, 0.15) is 11.2 Å². The Bertz CT molecular complexity index is 2990. The summed E-state index contributed by atoms with van der Waals surface area (Å²) in [6, 6.07) is 46.2. The van der Waals surface area contributed by atoms with Crippen molar-refractivity contribution < 1.29 is 0 Å². The van der Waals surface area contributed by atoms with Crippen LogP contribution in [-0.4, -0.2) is 19.1 Å². The molecule has 4 heteroatoms. The molecule has 0 spiro atoms. The summed E-state index contributed by atoms with van der Waals surface area (Å²) in [4.78, 5) is 11.2. The Morgan fingerprint density at radius 1 is 0.588 bits per heavy atom. The highest BCUT2D eigenvalue weighted by Crippen LogP contribution is 2.53. The molecular formula is C47H34N4. The van der Waals surface area contributed by atoms with Crippen molar-refractivity contribution in [2.75, 3.05) is 0 Å². The van der Waals surface area contributed by atoms with Crippen LogP contribution in [0.2, 0.25) is 0 Å². The van der Waals surface area contributed by atoms with Crippen molar-refractivity contribution in [2.24, 2.45) is 0 Å². The Balaban J connectivity index is 1.33. The molecule has 51 heavy (non-hydrogen) atoms. The molecule has 2 aliphatic rings. The Morgan fingerprint density at radius 2 is 1.33 bits per heavy atom. The molecule has 0 radical (unpaired) electrons. The van der Waals surface area contributed by atoms with E-state index < -0.39 is 0 Å². The molecule has 0 saturated carbocycles. The van der Waals surface area contributed by atoms with Gasteiger partial charge in [-0.3, -0.25) is 4.57 Å². The van der Waals surface area contributed by atoms with Gasteiger partial charge in [0, 0.05) is 32.8 Å². The minimum atomic E-state index is -0.0929. The van der Waals surface area contributed by atoms with E-state index in [1.165, 1.54) is 49.5 Å². The Kier molecular flexibility index (Phi) is 5.81. The molecule has 0 aliphatic heterocycles. The highest BCUT2D eigenvalue weighted by molar-refractivity contribution is 6.23. The van der Waals surface area contributed by atoms with Gasteiger partial charge in [-0.1, -0.05) is 135 Å². The lowest BCUT2D eigenvalue weighted by Crippen LogP contribution is -2.14. The van der Waals surface area contributed by atoms with Gasteiger partial charge in [0.05, 0.1) is 22.1 Å². The maximum Gasteiger partial charge on any atom is 0.235 e. The van der Waals surface area contributed by atoms with Crippen molar-refractivity contribution in [1.82, 2.24) is 19.1 Å². The van der Waals surface area contributed by atoms with Gasteiger partial charge < -0.3 is 4.57 Å². The molecule has 3 aromatic heterocycles. The maximum absolute atomic E-state index is 5.64. The molecule has 0 unspecified atom stereocenters. The van der Waals surface area contributed by atoms with Crippen LogP contribution in [0.1, 0.15) is 37.8 Å². The van der Waals surface area contributed by atoms with E-state index in [1.807, 2.05) is 0 Å². The number of aromatic nitrogens is 4. The quantitative estimate of drug-likeness (QED) is 0.190. The summed E-state index contributed by atoms with van der Waals surface area (Å²) < 4.78 is 4.70. The highest BCUT2D eigenvalue weighted by atomic mass is 15.2. The number of para-hydroxylation sites is 1. The summed E-state index contributed by atoms with van der Waals surface area (Å²) in [5.74, 6) is 0.679. The van der Waals surface area contributed by atoms with Crippen LogP contribution in [0.25, 0.3) is 88.5 Å². The van der Waals surface area contributed by atoms with Crippen molar-refractivity contribution in [3.8, 4) is 28.3 Å². The average molecular weight is 655 g/mol. The molecule has 0 atom stereocenters. The lowest BCUT2D eigenvalue weighted by Gasteiger charge is -2.21. The van der Waals surface area contributed by atoms with Gasteiger partial charge in [0.25, 0.3) is 0 Å². The molecule has 3 heterocycles. The molecular weight excluding hydrogens is 621 g/mol. The zero-order valence-electron chi connectivity index (χ0n) is 28.6. The molecule has 9 aromatic rings. The van der Waals surface area contributed by atoms with Crippen LogP contribution in [0, 0.1) is 0 Å². The SMILES string of the molecule is CC1(C)c2ccccc2-c2c1ccc1c2c2ccccc2n1-c1nc(-c2ccccc2)c2c(n1)c1c3ccccc3ccc1n2C1=CCCC=C1. The normalized spacial score (nSPS) is 14.9. The summed E-state index contributed by atoms with van der Waals surface area (Å²) in [5, 5.41) is 6.03. The van der Waals surface area contributed by atoms with Gasteiger partial charge in [-0.05, 0) is 70.1 Å². The smallest absolute Gasteiger partial charge is 0.235 e. The monoisotopic (exact) mass is 654 g/mol. The molecule has 11 rings (SSSR count). The van der Waals surface area contributed by atoms with Gasteiger partial charge in [-0.15, -0.1) is 0 Å². The first-order chi connectivity index (χ1) is 25.1. The summed E-state index contributed by atoms with van der Waals surface area (Å²) in [6.45, 7) is 4.70. The number of hydrogen-bond donors (Lipinski definition) is 0. The van der Waals surface area contributed by atoms with Crippen LogP contribution in [0.3, 0.4) is 0 Å². The van der Waals surface area contributed by atoms with Crippen molar-refractivity contribution in [3.05, 3.63) is 157 Å². The minimum absolute atomic E-state index is 0.0929. The third-order valence-electron chi connectivity index (χ3n) is 11.3. The standard InChI is InChI=1S/C47H34N4/c1-47(2)35-23-13-11-21-33(35)40-36(47)26-28-38-41(40)34-22-12-14-24-37(34)51(38)46-48-43(30-16-5-3-6-17-30)45-44(49-46)42-32-20-10-9-15-29(32)25-27-39(42)50(45)31-18-7-4-8-19-31/h3,5-7,9-28H,4,8H2,1-2H3. The molecule has 242 valence electrons. The summed E-state index contributed by atoms with van der Waals surface area (Å²) in [5.41, 5.74) is 13.8. The van der Waals surface area contributed by atoms with Crippen molar-refractivity contribution >= 4 is 60.2 Å². The van der Waals surface area contributed by atoms with Gasteiger partial charge in [0.2, 0.25) is 5.95 Å². The van der Waals surface area contributed by atoms with E-state index in [0.29, 0.717) is 5.95 Å². The Hall–Kier alpha value is -6.26. The van der Waals surface area contributed by atoms with E-state index in [4.69, 9.17) is 9.97 Å². The van der Waals surface area contributed by atoms with E-state index in [9.17, 15) is 0 Å². The summed E-state index contributed by atoms with van der Waals surface area (Å²) in [7, 11) is 0. The molecule has 4 nitrogen and oxygen atoms in total. The van der Waals surface area contributed by atoms with Gasteiger partial charge in [-0.2, -0.15) is 0 Å². The number of benzene rings is 6. The second-order valence-electron chi connectivity index (χ2n) is 14.5. The average Bonchev–Trinajstić information content (AvgIpc) is 3.78. The fourth-order valence-electron chi connectivity index (χ4n) is 9.04. The summed E-state index contributed by atoms with van der Waals surface area (Å²) in [6.07, 6.45) is 8.94. The minimum Gasteiger partial charge on any atom is -0.306 e. The van der Waals surface area contributed by atoms with Gasteiger partial charge in [0.15, 0.2) is 0 Å². The third-order valence-corrected chi connectivity index (χ3v) is 11.3. The lowest BCUT2D eigenvalue weighted by molar-refractivity contribution is 0.661. The predicted octanol–water partition coefficient (Wildman–Crippen LogP) is 12.0. The van der Waals surface area contributed by atoms with Crippen LogP contribution < -0.4 is 0 Å². The van der Waals surface area contributed by atoms with E-state index in [1.54, 1.807) is 0 Å². The van der Waals surface area contributed by atoms with Crippen LogP contribution in [-0.2, 0) is 5.41 Å². The lowest BCUT2D eigenvalue weighted by atomic mass is 9.82. The zero-order valence-corrected chi connectivity index (χ0v) is 28.6. The Labute approximate surface area is 295 Å². The first-order valence-electron chi connectivity index (χ1n) is 17.9. The van der Waals surface area contributed by atoms with Crippen molar-refractivity contribution in [2.45, 2.75) is 32.1 Å². The van der Waals surface area contributed by atoms with Crippen LogP contribution in [0.5, 0.6) is 0 Å². The van der Waals surface area contributed by atoms with Gasteiger partial charge >= 0.3 is 0 Å². The molecule has 0 N–H and O–H groups in total. The fourth-order valence-corrected chi connectivity index (χ4v) is 9.04. The largest absolute Gasteiger partial charge is 0.306 e. The van der Waals surface area contributed by atoms with Crippen LogP contribution in [0.15, 0.2) is 146 Å².